The molecule has 106 valence electrons. The molecular weight excluding hydrogens is 252 g/mol. The summed E-state index contributed by atoms with van der Waals surface area (Å²) in [6.45, 7) is 2.21. The maximum atomic E-state index is 11.3. The summed E-state index contributed by atoms with van der Waals surface area (Å²) in [5.74, 6) is -0.368. The highest BCUT2D eigenvalue weighted by Gasteiger charge is 2.25. The van der Waals surface area contributed by atoms with Crippen molar-refractivity contribution in [2.75, 3.05) is 25.0 Å². The maximum Gasteiger partial charge on any atom is 0.222 e. The second kappa shape index (κ2) is 6.40. The van der Waals surface area contributed by atoms with E-state index in [0.29, 0.717) is 12.1 Å². The Labute approximate surface area is 119 Å². The van der Waals surface area contributed by atoms with E-state index in [-0.39, 0.29) is 11.8 Å². The van der Waals surface area contributed by atoms with Crippen molar-refractivity contribution in [2.24, 2.45) is 11.7 Å². The van der Waals surface area contributed by atoms with Crippen LogP contribution in [0.2, 0.25) is 0 Å². The van der Waals surface area contributed by atoms with Gasteiger partial charge in [0, 0.05) is 19.6 Å². The Morgan fingerprint density at radius 2 is 2.40 bits per heavy atom. The highest BCUT2D eigenvalue weighted by molar-refractivity contribution is 5.78. The summed E-state index contributed by atoms with van der Waals surface area (Å²) in [5.41, 5.74) is 8.04. The number of nitrogens with two attached hydrogens (primary N) is 1. The summed E-state index contributed by atoms with van der Waals surface area (Å²) in [6, 6.07) is 8.13. The number of primary amides is 1. The Morgan fingerprint density at radius 1 is 1.60 bits per heavy atom. The molecule has 0 bridgehead atoms. The Kier molecular flexibility index (Phi) is 4.59. The molecule has 0 aromatic heterocycles. The highest BCUT2D eigenvalue weighted by atomic mass is 16.1. The molecule has 1 aliphatic heterocycles. The highest BCUT2D eigenvalue weighted by Crippen LogP contribution is 2.27. The molecule has 1 unspecified atom stereocenters. The molecule has 1 atom stereocenters. The van der Waals surface area contributed by atoms with E-state index in [1.54, 1.807) is 0 Å². The normalized spacial score (nSPS) is 18.6. The lowest BCUT2D eigenvalue weighted by molar-refractivity contribution is -0.122. The average molecular weight is 272 g/mol. The van der Waals surface area contributed by atoms with Crippen LogP contribution in [0, 0.1) is 17.2 Å². The second-order valence-electron chi connectivity index (χ2n) is 5.18. The van der Waals surface area contributed by atoms with Crippen molar-refractivity contribution in [3.8, 4) is 6.07 Å². The second-order valence-corrected chi connectivity index (χ2v) is 5.18. The lowest BCUT2D eigenvalue weighted by Gasteiger charge is -2.33. The predicted molar refractivity (Wildman–Crippen MR) is 78.1 cm³/mol. The van der Waals surface area contributed by atoms with E-state index >= 15 is 0 Å². The molecule has 1 aromatic rings. The van der Waals surface area contributed by atoms with Gasteiger partial charge in [0.1, 0.15) is 6.07 Å². The first-order valence-electron chi connectivity index (χ1n) is 6.87. The van der Waals surface area contributed by atoms with Gasteiger partial charge in [-0.05, 0) is 37.6 Å². The fraction of sp³-hybridized carbons (Fsp3) is 0.467. The summed E-state index contributed by atoms with van der Waals surface area (Å²) in [7, 11) is 1.88. The molecule has 3 N–H and O–H groups in total. The molecule has 1 heterocycles. The van der Waals surface area contributed by atoms with Crippen molar-refractivity contribution < 1.29 is 4.79 Å². The van der Waals surface area contributed by atoms with E-state index in [2.05, 4.69) is 16.3 Å². The van der Waals surface area contributed by atoms with Crippen molar-refractivity contribution in [1.82, 2.24) is 5.32 Å². The number of amides is 1. The number of nitriles is 1. The summed E-state index contributed by atoms with van der Waals surface area (Å²) < 4.78 is 0. The Morgan fingerprint density at radius 3 is 3.05 bits per heavy atom. The first kappa shape index (κ1) is 14.4. The Balaban J connectivity index is 2.23. The monoisotopic (exact) mass is 272 g/mol. The van der Waals surface area contributed by atoms with Gasteiger partial charge >= 0.3 is 0 Å². The zero-order valence-electron chi connectivity index (χ0n) is 11.7. The van der Waals surface area contributed by atoms with Crippen molar-refractivity contribution in [3.05, 3.63) is 29.3 Å². The SMILES string of the molecule is CNCc1ccc(N2CCCC(C(N)=O)C2)c(C#N)c1. The summed E-state index contributed by atoms with van der Waals surface area (Å²) in [6.07, 6.45) is 1.77. The lowest BCUT2D eigenvalue weighted by atomic mass is 9.96. The van der Waals surface area contributed by atoms with Gasteiger partial charge in [0.05, 0.1) is 17.2 Å². The van der Waals surface area contributed by atoms with Gasteiger partial charge in [0.15, 0.2) is 0 Å². The smallest absolute Gasteiger partial charge is 0.222 e. The largest absolute Gasteiger partial charge is 0.370 e. The number of rotatable bonds is 4. The molecule has 1 amide bonds. The van der Waals surface area contributed by atoms with Crippen molar-refractivity contribution in [3.63, 3.8) is 0 Å². The first-order valence-corrected chi connectivity index (χ1v) is 6.87. The Bertz CT molecular complexity index is 535. The van der Waals surface area contributed by atoms with Crippen LogP contribution in [0.5, 0.6) is 0 Å². The minimum absolute atomic E-state index is 0.118. The summed E-state index contributed by atoms with van der Waals surface area (Å²) in [5, 5.41) is 12.4. The van der Waals surface area contributed by atoms with Crippen molar-refractivity contribution >= 4 is 11.6 Å². The van der Waals surface area contributed by atoms with E-state index < -0.39 is 0 Å². The fourth-order valence-corrected chi connectivity index (χ4v) is 2.69. The van der Waals surface area contributed by atoms with Gasteiger partial charge in [-0.25, -0.2) is 0 Å². The number of anilines is 1. The van der Waals surface area contributed by atoms with Gasteiger partial charge in [-0.1, -0.05) is 6.07 Å². The van der Waals surface area contributed by atoms with E-state index in [4.69, 9.17) is 5.73 Å². The number of hydrogen-bond acceptors (Lipinski definition) is 4. The van der Waals surface area contributed by atoms with E-state index in [0.717, 1.165) is 37.2 Å². The van der Waals surface area contributed by atoms with Crippen LogP contribution in [0.1, 0.15) is 24.0 Å². The number of piperidine rings is 1. The van der Waals surface area contributed by atoms with Gasteiger partial charge in [0.25, 0.3) is 0 Å². The number of benzene rings is 1. The molecule has 5 heteroatoms. The van der Waals surface area contributed by atoms with Crippen LogP contribution in [-0.2, 0) is 11.3 Å². The van der Waals surface area contributed by atoms with Crippen molar-refractivity contribution in [1.29, 1.82) is 5.26 Å². The third-order valence-electron chi connectivity index (χ3n) is 3.73. The third kappa shape index (κ3) is 3.09. The third-order valence-corrected chi connectivity index (χ3v) is 3.73. The quantitative estimate of drug-likeness (QED) is 0.856. The molecule has 2 rings (SSSR count). The molecule has 1 fully saturated rings. The van der Waals surface area contributed by atoms with E-state index in [1.165, 1.54) is 0 Å². The number of hydrogen-bond donors (Lipinski definition) is 2. The van der Waals surface area contributed by atoms with Gasteiger partial charge in [0.2, 0.25) is 5.91 Å². The first-order chi connectivity index (χ1) is 9.65. The van der Waals surface area contributed by atoms with Crippen LogP contribution < -0.4 is 16.0 Å². The van der Waals surface area contributed by atoms with Crippen molar-refractivity contribution in [2.45, 2.75) is 19.4 Å². The van der Waals surface area contributed by atoms with E-state index in [9.17, 15) is 10.1 Å². The number of carbonyl (C=O) groups excluding carboxylic acids is 1. The minimum Gasteiger partial charge on any atom is -0.370 e. The van der Waals surface area contributed by atoms with Gasteiger partial charge < -0.3 is 16.0 Å². The molecule has 0 aliphatic carbocycles. The molecule has 20 heavy (non-hydrogen) atoms. The van der Waals surface area contributed by atoms with Crippen LogP contribution in [0.4, 0.5) is 5.69 Å². The molecular formula is C15H20N4O. The number of nitrogens with zero attached hydrogens (tertiary/aromatic N) is 2. The number of carbonyl (C=O) groups is 1. The summed E-state index contributed by atoms with van der Waals surface area (Å²) in [4.78, 5) is 13.4. The summed E-state index contributed by atoms with van der Waals surface area (Å²) >= 11 is 0. The fourth-order valence-electron chi connectivity index (χ4n) is 2.69. The molecule has 0 spiro atoms. The van der Waals surface area contributed by atoms with Crippen LogP contribution in [0.15, 0.2) is 18.2 Å². The zero-order valence-corrected chi connectivity index (χ0v) is 11.7. The lowest BCUT2D eigenvalue weighted by Crippen LogP contribution is -2.41. The Hall–Kier alpha value is -2.06. The van der Waals surface area contributed by atoms with Gasteiger partial charge in [-0.15, -0.1) is 0 Å². The average Bonchev–Trinajstić information content (AvgIpc) is 2.47. The topological polar surface area (TPSA) is 82.2 Å². The number of nitrogens with one attached hydrogen (secondary N) is 1. The van der Waals surface area contributed by atoms with Crippen LogP contribution in [0.3, 0.4) is 0 Å². The van der Waals surface area contributed by atoms with E-state index in [1.807, 2.05) is 25.2 Å². The molecule has 5 nitrogen and oxygen atoms in total. The van der Waals surface area contributed by atoms with Crippen LogP contribution in [-0.4, -0.2) is 26.0 Å². The van der Waals surface area contributed by atoms with Crippen LogP contribution >= 0.6 is 0 Å². The predicted octanol–water partition coefficient (Wildman–Crippen LogP) is 0.979. The molecule has 1 aromatic carbocycles. The maximum absolute atomic E-state index is 11.3. The van der Waals surface area contributed by atoms with Gasteiger partial charge in [-0.3, -0.25) is 4.79 Å². The molecule has 1 saturated heterocycles. The minimum atomic E-state index is -0.250. The van der Waals surface area contributed by atoms with Gasteiger partial charge in [-0.2, -0.15) is 5.26 Å². The molecule has 0 radical (unpaired) electrons. The molecule has 0 saturated carbocycles. The zero-order chi connectivity index (χ0) is 14.5. The van der Waals surface area contributed by atoms with Crippen LogP contribution in [0.25, 0.3) is 0 Å². The molecule has 1 aliphatic rings. The standard InChI is InChI=1S/C15H20N4O/c1-18-9-11-4-5-14(13(7-11)8-16)19-6-2-3-12(10-19)15(17)20/h4-5,7,12,18H,2-3,6,9-10H2,1H3,(H2,17,20).